The molecule has 0 saturated carbocycles. The monoisotopic (exact) mass is 578 g/mol. The van der Waals surface area contributed by atoms with Gasteiger partial charge in [-0.1, -0.05) is 49.4 Å². The molecule has 1 heterocycles. The quantitative estimate of drug-likeness (QED) is 0.115. The molecule has 7 nitrogen and oxygen atoms in total. The van der Waals surface area contributed by atoms with E-state index in [1.54, 1.807) is 38.5 Å². The lowest BCUT2D eigenvalue weighted by atomic mass is 9.87. The predicted octanol–water partition coefficient (Wildman–Crippen LogP) is 6.44. The number of aromatic nitrogens is 2. The minimum Gasteiger partial charge on any atom is -0.492 e. The number of H-pyrrole nitrogens is 1. The molecule has 0 saturated heterocycles. The van der Waals surface area contributed by atoms with Crippen molar-refractivity contribution in [1.29, 1.82) is 0 Å². The molecule has 0 radical (unpaired) electrons. The Labute approximate surface area is 242 Å². The zero-order chi connectivity index (χ0) is 30.1. The van der Waals surface area contributed by atoms with Crippen LogP contribution in [0.2, 0.25) is 0 Å². The third kappa shape index (κ3) is 8.01. The highest BCUT2D eigenvalue weighted by molar-refractivity contribution is 6.01. The number of ether oxygens (including phenoxy) is 2. The Bertz CT molecular complexity index is 1560. The van der Waals surface area contributed by atoms with Gasteiger partial charge in [-0.15, -0.1) is 13.2 Å². The molecular formula is C32H33F3N4O3. The number of carbonyl (C=O) groups excluding carboxylic acids is 1. The van der Waals surface area contributed by atoms with Crippen molar-refractivity contribution in [3.05, 3.63) is 102 Å². The van der Waals surface area contributed by atoms with Gasteiger partial charge in [0.1, 0.15) is 18.1 Å². The van der Waals surface area contributed by atoms with Crippen molar-refractivity contribution >= 4 is 28.0 Å². The van der Waals surface area contributed by atoms with Gasteiger partial charge in [0.2, 0.25) is 5.91 Å². The van der Waals surface area contributed by atoms with E-state index in [0.29, 0.717) is 43.0 Å². The SMILES string of the molecule is CCC(=C(c1ccc(OCCNCC=CC(=O)N(C)C)cc1)c1ccc2[nH]ncc2c1)c1ccccc1OC(F)(F)F. The van der Waals surface area contributed by atoms with Gasteiger partial charge in [0.25, 0.3) is 0 Å². The Hall–Kier alpha value is -4.57. The summed E-state index contributed by atoms with van der Waals surface area (Å²) in [6, 6.07) is 19.5. The first kappa shape index (κ1) is 30.4. The van der Waals surface area contributed by atoms with Gasteiger partial charge in [-0.2, -0.15) is 5.10 Å². The van der Waals surface area contributed by atoms with Gasteiger partial charge in [-0.05, 0) is 59.0 Å². The summed E-state index contributed by atoms with van der Waals surface area (Å²) in [5, 5.41) is 11.1. The van der Waals surface area contributed by atoms with E-state index in [1.807, 2.05) is 49.4 Å². The van der Waals surface area contributed by atoms with Crippen LogP contribution in [0, 0.1) is 0 Å². The summed E-state index contributed by atoms with van der Waals surface area (Å²) >= 11 is 0. The van der Waals surface area contributed by atoms with Gasteiger partial charge in [0.15, 0.2) is 0 Å². The lowest BCUT2D eigenvalue weighted by molar-refractivity contribution is -0.274. The number of hydrogen-bond acceptors (Lipinski definition) is 5. The number of aromatic amines is 1. The summed E-state index contributed by atoms with van der Waals surface area (Å²) in [5.74, 6) is 0.327. The maximum absolute atomic E-state index is 13.3. The van der Waals surface area contributed by atoms with Crippen molar-refractivity contribution in [2.45, 2.75) is 19.7 Å². The molecule has 0 aliphatic heterocycles. The molecule has 10 heteroatoms. The summed E-state index contributed by atoms with van der Waals surface area (Å²) < 4.78 is 50.1. The van der Waals surface area contributed by atoms with E-state index in [-0.39, 0.29) is 11.7 Å². The largest absolute Gasteiger partial charge is 0.573 e. The number of benzene rings is 3. The molecule has 0 aliphatic carbocycles. The van der Waals surface area contributed by atoms with Gasteiger partial charge in [0, 0.05) is 44.2 Å². The van der Waals surface area contributed by atoms with E-state index in [2.05, 4.69) is 20.3 Å². The van der Waals surface area contributed by atoms with Crippen LogP contribution in [-0.2, 0) is 4.79 Å². The second kappa shape index (κ2) is 13.9. The van der Waals surface area contributed by atoms with Crippen LogP contribution in [0.25, 0.3) is 22.0 Å². The van der Waals surface area contributed by atoms with Crippen molar-refractivity contribution in [3.8, 4) is 11.5 Å². The van der Waals surface area contributed by atoms with Crippen LogP contribution >= 0.6 is 0 Å². The second-order valence-electron chi connectivity index (χ2n) is 9.64. The van der Waals surface area contributed by atoms with Crippen LogP contribution in [0.5, 0.6) is 11.5 Å². The van der Waals surface area contributed by atoms with E-state index >= 15 is 0 Å². The summed E-state index contributed by atoms with van der Waals surface area (Å²) in [7, 11) is 3.39. The standard InChI is InChI=1S/C32H33F3N4O3/c1-4-26(27-8-5-6-9-29(27)42-32(33,34)35)31(23-13-16-28-24(20-23)21-37-38-28)22-11-14-25(15-12-22)41-19-18-36-17-7-10-30(40)39(2)3/h5-16,20-21,36H,4,17-19H2,1-3H3,(H,37,38). The highest BCUT2D eigenvalue weighted by Crippen LogP contribution is 2.40. The van der Waals surface area contributed by atoms with Crippen molar-refractivity contribution in [2.75, 3.05) is 33.8 Å². The number of amides is 1. The van der Waals surface area contributed by atoms with Crippen LogP contribution in [0.1, 0.15) is 30.0 Å². The topological polar surface area (TPSA) is 79.5 Å². The molecule has 0 unspecified atom stereocenters. The van der Waals surface area contributed by atoms with Crippen LogP contribution in [0.3, 0.4) is 0 Å². The Morgan fingerprint density at radius 3 is 2.50 bits per heavy atom. The van der Waals surface area contributed by atoms with Crippen LogP contribution in [-0.4, -0.2) is 61.2 Å². The van der Waals surface area contributed by atoms with Crippen LogP contribution < -0.4 is 14.8 Å². The molecule has 42 heavy (non-hydrogen) atoms. The third-order valence-corrected chi connectivity index (χ3v) is 6.48. The van der Waals surface area contributed by atoms with Gasteiger partial charge in [0.05, 0.1) is 11.7 Å². The number of likely N-dealkylation sites (N-methyl/N-ethyl adjacent to an activating group) is 1. The van der Waals surface area contributed by atoms with E-state index in [4.69, 9.17) is 4.74 Å². The normalized spacial score (nSPS) is 12.4. The molecule has 4 aromatic rings. The molecule has 0 spiro atoms. The number of rotatable bonds is 12. The van der Waals surface area contributed by atoms with Crippen LogP contribution in [0.4, 0.5) is 13.2 Å². The molecule has 2 N–H and O–H groups in total. The van der Waals surface area contributed by atoms with E-state index < -0.39 is 6.36 Å². The zero-order valence-electron chi connectivity index (χ0n) is 23.7. The van der Waals surface area contributed by atoms with Crippen molar-refractivity contribution in [1.82, 2.24) is 20.4 Å². The van der Waals surface area contributed by atoms with Gasteiger partial charge >= 0.3 is 6.36 Å². The Kier molecular flexibility index (Phi) is 10.0. The number of fused-ring (bicyclic) bond motifs is 1. The average Bonchev–Trinajstić information content (AvgIpc) is 3.43. The van der Waals surface area contributed by atoms with E-state index in [0.717, 1.165) is 27.6 Å². The first-order valence-corrected chi connectivity index (χ1v) is 13.5. The predicted molar refractivity (Wildman–Crippen MR) is 158 cm³/mol. The lowest BCUT2D eigenvalue weighted by Gasteiger charge is -2.20. The number of carbonyl (C=O) groups is 1. The maximum Gasteiger partial charge on any atom is 0.573 e. The molecule has 0 bridgehead atoms. The van der Waals surface area contributed by atoms with Gasteiger partial charge < -0.3 is 19.7 Å². The number of allylic oxidation sites excluding steroid dienone is 1. The molecule has 1 amide bonds. The Morgan fingerprint density at radius 2 is 1.79 bits per heavy atom. The van der Waals surface area contributed by atoms with E-state index in [9.17, 15) is 18.0 Å². The minimum absolute atomic E-state index is 0.0751. The number of nitrogens with one attached hydrogen (secondary N) is 2. The smallest absolute Gasteiger partial charge is 0.492 e. The Morgan fingerprint density at radius 1 is 1.05 bits per heavy atom. The van der Waals surface area contributed by atoms with Gasteiger partial charge in [-0.25, -0.2) is 0 Å². The summed E-state index contributed by atoms with van der Waals surface area (Å²) in [6.45, 7) is 3.44. The fourth-order valence-corrected chi connectivity index (χ4v) is 4.50. The molecule has 3 aromatic carbocycles. The fraction of sp³-hybridized carbons (Fsp3) is 0.250. The molecule has 1 aromatic heterocycles. The third-order valence-electron chi connectivity index (χ3n) is 6.48. The molecule has 0 aliphatic rings. The molecule has 4 rings (SSSR count). The summed E-state index contributed by atoms with van der Waals surface area (Å²) in [4.78, 5) is 13.1. The molecule has 0 fully saturated rings. The lowest BCUT2D eigenvalue weighted by Crippen LogP contribution is -2.22. The number of para-hydroxylation sites is 1. The fourth-order valence-electron chi connectivity index (χ4n) is 4.50. The number of hydrogen-bond donors (Lipinski definition) is 2. The van der Waals surface area contributed by atoms with Crippen molar-refractivity contribution in [3.63, 3.8) is 0 Å². The van der Waals surface area contributed by atoms with Gasteiger partial charge in [-0.3, -0.25) is 9.89 Å². The molecule has 0 atom stereocenters. The zero-order valence-corrected chi connectivity index (χ0v) is 23.7. The van der Waals surface area contributed by atoms with Crippen molar-refractivity contribution < 1.29 is 27.4 Å². The number of alkyl halides is 3. The maximum atomic E-state index is 13.3. The number of halogens is 3. The second-order valence-corrected chi connectivity index (χ2v) is 9.64. The summed E-state index contributed by atoms with van der Waals surface area (Å²) in [5.41, 5.74) is 4.36. The highest BCUT2D eigenvalue weighted by Gasteiger charge is 2.32. The summed E-state index contributed by atoms with van der Waals surface area (Å²) in [6.07, 6.45) is 0.618. The van der Waals surface area contributed by atoms with Crippen LogP contribution in [0.15, 0.2) is 85.1 Å². The molecular weight excluding hydrogens is 545 g/mol. The minimum atomic E-state index is -4.82. The average molecular weight is 579 g/mol. The molecule has 220 valence electrons. The first-order valence-electron chi connectivity index (χ1n) is 13.5. The Balaban J connectivity index is 1.60. The van der Waals surface area contributed by atoms with Crippen molar-refractivity contribution in [2.24, 2.45) is 0 Å². The number of nitrogens with zero attached hydrogens (tertiary/aromatic N) is 2. The first-order chi connectivity index (χ1) is 20.2. The highest BCUT2D eigenvalue weighted by atomic mass is 19.4. The van der Waals surface area contributed by atoms with E-state index in [1.165, 1.54) is 23.1 Å².